The molecule has 1 aromatic heterocycles. The van der Waals surface area contributed by atoms with Crippen LogP contribution in [-0.2, 0) is 10.0 Å². The summed E-state index contributed by atoms with van der Waals surface area (Å²) in [5.74, 6) is 2.64. The quantitative estimate of drug-likeness (QED) is 0.765. The van der Waals surface area contributed by atoms with E-state index in [1.807, 2.05) is 19.9 Å². The Morgan fingerprint density at radius 1 is 0.793 bits per heavy atom. The Kier molecular flexibility index (Phi) is 5.74. The third-order valence-electron chi connectivity index (χ3n) is 5.68. The van der Waals surface area contributed by atoms with Crippen LogP contribution in [0.2, 0.25) is 0 Å². The van der Waals surface area contributed by atoms with Gasteiger partial charge in [0.2, 0.25) is 10.0 Å². The largest absolute Gasteiger partial charge is 0.356 e. The number of nitrogens with zero attached hydrogens (tertiary/aromatic N) is 5. The molecule has 29 heavy (non-hydrogen) atoms. The van der Waals surface area contributed by atoms with Crippen molar-refractivity contribution in [2.24, 2.45) is 0 Å². The second kappa shape index (κ2) is 8.28. The highest BCUT2D eigenvalue weighted by molar-refractivity contribution is 7.89. The molecule has 0 bridgehead atoms. The number of piperidine rings is 1. The van der Waals surface area contributed by atoms with Crippen LogP contribution in [0.1, 0.15) is 30.7 Å². The van der Waals surface area contributed by atoms with Crippen LogP contribution in [0, 0.1) is 13.8 Å². The van der Waals surface area contributed by atoms with Crippen LogP contribution in [0.15, 0.2) is 35.2 Å². The third kappa shape index (κ3) is 4.38. The van der Waals surface area contributed by atoms with Crippen molar-refractivity contribution in [1.29, 1.82) is 0 Å². The predicted molar refractivity (Wildman–Crippen MR) is 115 cm³/mol. The smallest absolute Gasteiger partial charge is 0.243 e. The Labute approximate surface area is 173 Å². The van der Waals surface area contributed by atoms with Crippen LogP contribution in [-0.4, -0.2) is 62.0 Å². The lowest BCUT2D eigenvalue weighted by Crippen LogP contribution is -2.49. The number of aromatic nitrogens is 2. The van der Waals surface area contributed by atoms with Gasteiger partial charge < -0.3 is 9.80 Å². The fourth-order valence-electron chi connectivity index (χ4n) is 4.07. The molecule has 0 radical (unpaired) electrons. The molecule has 0 saturated carbocycles. The maximum absolute atomic E-state index is 13.0. The van der Waals surface area contributed by atoms with Crippen molar-refractivity contribution >= 4 is 21.7 Å². The van der Waals surface area contributed by atoms with Crippen molar-refractivity contribution in [3.63, 3.8) is 0 Å². The molecule has 7 nitrogen and oxygen atoms in total. The summed E-state index contributed by atoms with van der Waals surface area (Å²) in [7, 11) is -3.46. The van der Waals surface area contributed by atoms with Gasteiger partial charge in [-0.2, -0.15) is 4.31 Å². The molecule has 1 aromatic carbocycles. The minimum atomic E-state index is -3.46. The topological polar surface area (TPSA) is 69.6 Å². The van der Waals surface area contributed by atoms with Crippen LogP contribution in [0.25, 0.3) is 0 Å². The van der Waals surface area contributed by atoms with Crippen LogP contribution < -0.4 is 9.80 Å². The highest BCUT2D eigenvalue weighted by atomic mass is 32.2. The van der Waals surface area contributed by atoms with Gasteiger partial charge in [-0.1, -0.05) is 12.1 Å². The highest BCUT2D eigenvalue weighted by Gasteiger charge is 2.29. The SMILES string of the molecule is Cc1cccc(S(=O)(=O)N2CCN(c3cc(N4CCCCC4)nc(C)n3)CC2)c1. The minimum Gasteiger partial charge on any atom is -0.356 e. The number of rotatable bonds is 4. The molecule has 0 aliphatic carbocycles. The molecule has 8 heteroatoms. The molecule has 156 valence electrons. The van der Waals surface area contributed by atoms with Crippen LogP contribution >= 0.6 is 0 Å². The Morgan fingerprint density at radius 3 is 2.03 bits per heavy atom. The fourth-order valence-corrected chi connectivity index (χ4v) is 5.59. The van der Waals surface area contributed by atoms with Gasteiger partial charge in [-0.05, 0) is 50.8 Å². The van der Waals surface area contributed by atoms with Crippen molar-refractivity contribution in [3.8, 4) is 0 Å². The summed E-state index contributed by atoms with van der Waals surface area (Å²) in [5, 5.41) is 0. The zero-order chi connectivity index (χ0) is 20.4. The highest BCUT2D eigenvalue weighted by Crippen LogP contribution is 2.25. The van der Waals surface area contributed by atoms with Gasteiger partial charge in [0, 0.05) is 45.3 Å². The molecule has 3 heterocycles. The second-order valence-electron chi connectivity index (χ2n) is 7.89. The van der Waals surface area contributed by atoms with Crippen molar-refractivity contribution in [1.82, 2.24) is 14.3 Å². The molecule has 2 aliphatic heterocycles. The first-order chi connectivity index (χ1) is 13.9. The minimum absolute atomic E-state index is 0.371. The van der Waals surface area contributed by atoms with Gasteiger partial charge in [0.05, 0.1) is 4.90 Å². The molecule has 2 saturated heterocycles. The summed E-state index contributed by atoms with van der Waals surface area (Å²) in [6.07, 6.45) is 3.69. The molecule has 2 fully saturated rings. The van der Waals surface area contributed by atoms with E-state index in [4.69, 9.17) is 0 Å². The van der Waals surface area contributed by atoms with Crippen LogP contribution in [0.5, 0.6) is 0 Å². The van der Waals surface area contributed by atoms with Gasteiger partial charge in [-0.25, -0.2) is 18.4 Å². The lowest BCUT2D eigenvalue weighted by molar-refractivity contribution is 0.383. The van der Waals surface area contributed by atoms with E-state index in [9.17, 15) is 8.42 Å². The van der Waals surface area contributed by atoms with Gasteiger partial charge in [0.1, 0.15) is 17.5 Å². The van der Waals surface area contributed by atoms with Crippen molar-refractivity contribution < 1.29 is 8.42 Å². The lowest BCUT2D eigenvalue weighted by atomic mass is 10.1. The van der Waals surface area contributed by atoms with E-state index in [1.54, 1.807) is 22.5 Å². The Morgan fingerprint density at radius 2 is 1.41 bits per heavy atom. The van der Waals surface area contributed by atoms with Gasteiger partial charge in [0.25, 0.3) is 0 Å². The first kappa shape index (κ1) is 20.1. The number of sulfonamides is 1. The number of anilines is 2. The van der Waals surface area contributed by atoms with E-state index in [1.165, 1.54) is 19.3 Å². The van der Waals surface area contributed by atoms with E-state index in [-0.39, 0.29) is 0 Å². The lowest BCUT2D eigenvalue weighted by Gasteiger charge is -2.35. The summed E-state index contributed by atoms with van der Waals surface area (Å²) in [6.45, 7) is 8.08. The average molecular weight is 416 g/mol. The molecule has 0 spiro atoms. The van der Waals surface area contributed by atoms with Crippen molar-refractivity contribution in [2.75, 3.05) is 49.1 Å². The molecule has 4 rings (SSSR count). The molecule has 0 N–H and O–H groups in total. The van der Waals surface area contributed by atoms with Gasteiger partial charge in [-0.15, -0.1) is 0 Å². The van der Waals surface area contributed by atoms with Gasteiger partial charge in [0.15, 0.2) is 0 Å². The summed E-state index contributed by atoms with van der Waals surface area (Å²) in [6, 6.07) is 9.18. The predicted octanol–water partition coefficient (Wildman–Crippen LogP) is 2.59. The summed E-state index contributed by atoms with van der Waals surface area (Å²) >= 11 is 0. The van der Waals surface area contributed by atoms with Crippen molar-refractivity contribution in [3.05, 3.63) is 41.7 Å². The second-order valence-corrected chi connectivity index (χ2v) is 9.82. The fraction of sp³-hybridized carbons (Fsp3) is 0.524. The number of benzene rings is 1. The Bertz CT molecular complexity index is 965. The Hall–Kier alpha value is -2.19. The zero-order valence-electron chi connectivity index (χ0n) is 17.2. The normalized spacial score (nSPS) is 18.8. The molecular weight excluding hydrogens is 386 g/mol. The van der Waals surface area contributed by atoms with E-state index in [0.717, 1.165) is 36.1 Å². The van der Waals surface area contributed by atoms with Crippen LogP contribution in [0.4, 0.5) is 11.6 Å². The summed E-state index contributed by atoms with van der Waals surface area (Å²) in [4.78, 5) is 14.1. The number of hydrogen-bond acceptors (Lipinski definition) is 6. The zero-order valence-corrected chi connectivity index (χ0v) is 18.0. The maximum Gasteiger partial charge on any atom is 0.243 e. The van der Waals surface area contributed by atoms with Gasteiger partial charge in [-0.3, -0.25) is 0 Å². The molecular formula is C21H29N5O2S. The number of hydrogen-bond donors (Lipinski definition) is 0. The third-order valence-corrected chi connectivity index (χ3v) is 7.58. The van der Waals surface area contributed by atoms with E-state index in [0.29, 0.717) is 31.1 Å². The van der Waals surface area contributed by atoms with Crippen molar-refractivity contribution in [2.45, 2.75) is 38.0 Å². The molecule has 2 aromatic rings. The maximum atomic E-state index is 13.0. The van der Waals surface area contributed by atoms with E-state index in [2.05, 4.69) is 25.8 Å². The van der Waals surface area contributed by atoms with E-state index >= 15 is 0 Å². The van der Waals surface area contributed by atoms with E-state index < -0.39 is 10.0 Å². The van der Waals surface area contributed by atoms with Crippen LogP contribution in [0.3, 0.4) is 0 Å². The monoisotopic (exact) mass is 415 g/mol. The average Bonchev–Trinajstić information content (AvgIpc) is 2.74. The first-order valence-electron chi connectivity index (χ1n) is 10.4. The Balaban J connectivity index is 1.47. The summed E-state index contributed by atoms with van der Waals surface area (Å²) < 4.78 is 27.5. The van der Waals surface area contributed by atoms with Gasteiger partial charge >= 0.3 is 0 Å². The molecule has 0 atom stereocenters. The molecule has 0 unspecified atom stereocenters. The molecule has 0 amide bonds. The molecule has 2 aliphatic rings. The standard InChI is InChI=1S/C21H29N5O2S/c1-17-7-6-8-19(15-17)29(27,28)26-13-11-25(12-14-26)21-16-20(22-18(2)23-21)24-9-4-3-5-10-24/h6-8,15-16H,3-5,9-14H2,1-2H3. The first-order valence-corrected chi connectivity index (χ1v) is 11.8. The number of piperazine rings is 1. The summed E-state index contributed by atoms with van der Waals surface area (Å²) in [5.41, 5.74) is 0.950. The number of aryl methyl sites for hydroxylation is 2.